The van der Waals surface area contributed by atoms with Gasteiger partial charge in [0.2, 0.25) is 15.9 Å². The highest BCUT2D eigenvalue weighted by atomic mass is 32.2. The van der Waals surface area contributed by atoms with E-state index in [0.717, 1.165) is 13.0 Å². The molecule has 0 unspecified atom stereocenters. The molecule has 2 saturated heterocycles. The van der Waals surface area contributed by atoms with Gasteiger partial charge >= 0.3 is 0 Å². The first kappa shape index (κ1) is 16.4. The Hall–Kier alpha value is -1.45. The van der Waals surface area contributed by atoms with Crippen molar-refractivity contribution in [3.63, 3.8) is 0 Å². The van der Waals surface area contributed by atoms with E-state index in [1.54, 1.807) is 25.8 Å². The van der Waals surface area contributed by atoms with Crippen molar-refractivity contribution in [2.75, 3.05) is 39.8 Å². The normalized spacial score (nSPS) is 24.6. The summed E-state index contributed by atoms with van der Waals surface area (Å²) >= 11 is 0. The molecule has 1 aromatic heterocycles. The van der Waals surface area contributed by atoms with Crippen LogP contribution in [0.25, 0.3) is 0 Å². The van der Waals surface area contributed by atoms with Crippen LogP contribution in [0, 0.1) is 13.8 Å². The van der Waals surface area contributed by atoms with E-state index >= 15 is 0 Å². The standard InChI is InChI=1S/C14H22N4O4S/c1-10-13(11(2)22-15-10)23(20,21)18-8-6-17(7-9-18)12-4-5-16(3)14(12)19/h12H,4-9H2,1-3H3/t12-/m0/s1. The number of nitrogens with zero attached hydrogens (tertiary/aromatic N) is 4. The molecule has 0 saturated carbocycles. The number of carbonyl (C=O) groups excluding carboxylic acids is 1. The molecule has 8 nitrogen and oxygen atoms in total. The number of aryl methyl sites for hydroxylation is 2. The predicted molar refractivity (Wildman–Crippen MR) is 82.4 cm³/mol. The molecule has 9 heteroatoms. The minimum Gasteiger partial charge on any atom is -0.360 e. The van der Waals surface area contributed by atoms with Crippen LogP contribution in [0.5, 0.6) is 0 Å². The van der Waals surface area contributed by atoms with Crippen LogP contribution in [0.3, 0.4) is 0 Å². The lowest BCUT2D eigenvalue weighted by molar-refractivity contribution is -0.131. The molecule has 128 valence electrons. The molecule has 0 aromatic carbocycles. The number of amides is 1. The fraction of sp³-hybridized carbons (Fsp3) is 0.714. The summed E-state index contributed by atoms with van der Waals surface area (Å²) in [6, 6.07) is -0.107. The zero-order chi connectivity index (χ0) is 16.8. The number of aromatic nitrogens is 1. The smallest absolute Gasteiger partial charge is 0.248 e. The maximum absolute atomic E-state index is 12.8. The van der Waals surface area contributed by atoms with Crippen molar-refractivity contribution in [1.82, 2.24) is 19.3 Å². The highest BCUT2D eigenvalue weighted by Gasteiger charge is 2.38. The Morgan fingerprint density at radius 2 is 1.78 bits per heavy atom. The van der Waals surface area contributed by atoms with Crippen molar-refractivity contribution >= 4 is 15.9 Å². The van der Waals surface area contributed by atoms with Crippen LogP contribution in [0.1, 0.15) is 17.9 Å². The Morgan fingerprint density at radius 1 is 1.13 bits per heavy atom. The van der Waals surface area contributed by atoms with E-state index in [-0.39, 0.29) is 16.8 Å². The minimum atomic E-state index is -3.60. The number of rotatable bonds is 3. The van der Waals surface area contributed by atoms with Crippen LogP contribution < -0.4 is 0 Å². The quantitative estimate of drug-likeness (QED) is 0.758. The van der Waals surface area contributed by atoms with E-state index in [4.69, 9.17) is 4.52 Å². The zero-order valence-corrected chi connectivity index (χ0v) is 14.5. The van der Waals surface area contributed by atoms with Crippen molar-refractivity contribution in [3.8, 4) is 0 Å². The average molecular weight is 342 g/mol. The van der Waals surface area contributed by atoms with Gasteiger partial charge in [0.1, 0.15) is 10.6 Å². The van der Waals surface area contributed by atoms with Crippen molar-refractivity contribution in [3.05, 3.63) is 11.5 Å². The molecule has 3 heterocycles. The van der Waals surface area contributed by atoms with Crippen LogP contribution in [0.15, 0.2) is 9.42 Å². The highest BCUT2D eigenvalue weighted by molar-refractivity contribution is 7.89. The lowest BCUT2D eigenvalue weighted by Gasteiger charge is -2.36. The maximum atomic E-state index is 12.8. The Balaban J connectivity index is 1.71. The number of likely N-dealkylation sites (tertiary alicyclic amines) is 1. The highest BCUT2D eigenvalue weighted by Crippen LogP contribution is 2.25. The van der Waals surface area contributed by atoms with E-state index in [9.17, 15) is 13.2 Å². The second-order valence-electron chi connectivity index (χ2n) is 6.16. The summed E-state index contributed by atoms with van der Waals surface area (Å²) in [5.74, 6) is 0.449. The van der Waals surface area contributed by atoms with E-state index in [0.29, 0.717) is 37.6 Å². The van der Waals surface area contributed by atoms with Gasteiger partial charge in [0.15, 0.2) is 5.76 Å². The number of piperazine rings is 1. The Labute approximate surface area is 136 Å². The summed E-state index contributed by atoms with van der Waals surface area (Å²) in [6.07, 6.45) is 0.811. The molecule has 0 N–H and O–H groups in total. The lowest BCUT2D eigenvalue weighted by atomic mass is 10.2. The van der Waals surface area contributed by atoms with Crippen LogP contribution in [-0.4, -0.2) is 79.4 Å². The fourth-order valence-electron chi connectivity index (χ4n) is 3.37. The van der Waals surface area contributed by atoms with Crippen LogP contribution in [0.4, 0.5) is 0 Å². The Morgan fingerprint density at radius 3 is 2.26 bits per heavy atom. The van der Waals surface area contributed by atoms with Gasteiger partial charge in [-0.15, -0.1) is 0 Å². The van der Waals surface area contributed by atoms with Gasteiger partial charge in [0, 0.05) is 39.8 Å². The summed E-state index contributed by atoms with van der Waals surface area (Å²) in [4.78, 5) is 16.1. The summed E-state index contributed by atoms with van der Waals surface area (Å²) in [5, 5.41) is 3.73. The molecule has 0 aliphatic carbocycles. The van der Waals surface area contributed by atoms with Crippen molar-refractivity contribution < 1.29 is 17.7 Å². The average Bonchev–Trinajstić information content (AvgIpc) is 3.03. The van der Waals surface area contributed by atoms with E-state index in [1.165, 1.54) is 4.31 Å². The van der Waals surface area contributed by atoms with Crippen LogP contribution >= 0.6 is 0 Å². The summed E-state index contributed by atoms with van der Waals surface area (Å²) in [6.45, 7) is 5.88. The predicted octanol–water partition coefficient (Wildman–Crippen LogP) is -0.172. The number of likely N-dealkylation sites (N-methyl/N-ethyl adjacent to an activating group) is 1. The third-order valence-electron chi connectivity index (χ3n) is 4.68. The summed E-state index contributed by atoms with van der Waals surface area (Å²) in [7, 11) is -1.79. The molecule has 2 aliphatic heterocycles. The largest absolute Gasteiger partial charge is 0.360 e. The molecule has 0 spiro atoms. The first-order valence-corrected chi connectivity index (χ1v) is 9.18. The van der Waals surface area contributed by atoms with Gasteiger partial charge in [-0.05, 0) is 20.3 Å². The third-order valence-corrected chi connectivity index (χ3v) is 6.82. The maximum Gasteiger partial charge on any atom is 0.248 e. The van der Waals surface area contributed by atoms with Gasteiger partial charge in [-0.25, -0.2) is 8.42 Å². The number of hydrogen-bond acceptors (Lipinski definition) is 6. The zero-order valence-electron chi connectivity index (χ0n) is 13.7. The minimum absolute atomic E-state index is 0.107. The number of hydrogen-bond donors (Lipinski definition) is 0. The second-order valence-corrected chi connectivity index (χ2v) is 8.03. The van der Waals surface area contributed by atoms with E-state index < -0.39 is 10.0 Å². The fourth-order valence-corrected chi connectivity index (χ4v) is 5.08. The number of sulfonamides is 1. The third kappa shape index (κ3) is 2.77. The molecule has 1 aromatic rings. The molecule has 0 radical (unpaired) electrons. The Bertz CT molecular complexity index is 687. The first-order valence-electron chi connectivity index (χ1n) is 7.74. The first-order chi connectivity index (χ1) is 10.8. The molecule has 2 fully saturated rings. The van der Waals surface area contributed by atoms with Gasteiger partial charge in [0.05, 0.1) is 6.04 Å². The van der Waals surface area contributed by atoms with Gasteiger partial charge in [-0.3, -0.25) is 9.69 Å². The van der Waals surface area contributed by atoms with Gasteiger partial charge in [-0.2, -0.15) is 4.31 Å². The van der Waals surface area contributed by atoms with Crippen molar-refractivity contribution in [1.29, 1.82) is 0 Å². The molecule has 2 aliphatic rings. The van der Waals surface area contributed by atoms with E-state index in [1.807, 2.05) is 0 Å². The molecule has 1 amide bonds. The summed E-state index contributed by atoms with van der Waals surface area (Å²) in [5.41, 5.74) is 0.387. The SMILES string of the molecule is Cc1noc(C)c1S(=O)(=O)N1CCN([C@H]2CCN(C)C2=O)CC1. The lowest BCUT2D eigenvalue weighted by Crippen LogP contribution is -2.53. The van der Waals surface area contributed by atoms with Crippen molar-refractivity contribution in [2.45, 2.75) is 31.2 Å². The van der Waals surface area contributed by atoms with Gasteiger partial charge < -0.3 is 9.42 Å². The monoisotopic (exact) mass is 342 g/mol. The molecule has 3 rings (SSSR count). The number of carbonyl (C=O) groups is 1. The van der Waals surface area contributed by atoms with Gasteiger partial charge in [0.25, 0.3) is 0 Å². The van der Waals surface area contributed by atoms with E-state index in [2.05, 4.69) is 10.1 Å². The molecule has 0 bridgehead atoms. The van der Waals surface area contributed by atoms with Crippen LogP contribution in [0.2, 0.25) is 0 Å². The molecule has 23 heavy (non-hydrogen) atoms. The summed E-state index contributed by atoms with van der Waals surface area (Å²) < 4.78 is 32.0. The van der Waals surface area contributed by atoms with Crippen molar-refractivity contribution in [2.24, 2.45) is 0 Å². The Kier molecular flexibility index (Phi) is 4.19. The van der Waals surface area contributed by atoms with Crippen LogP contribution in [-0.2, 0) is 14.8 Å². The molecular weight excluding hydrogens is 320 g/mol. The topological polar surface area (TPSA) is 87.0 Å². The van der Waals surface area contributed by atoms with Gasteiger partial charge in [-0.1, -0.05) is 5.16 Å². The molecular formula is C14H22N4O4S. The second kappa shape index (κ2) is 5.88. The molecule has 1 atom stereocenters.